The van der Waals surface area contributed by atoms with Crippen molar-refractivity contribution >= 4 is 51.0 Å². The van der Waals surface area contributed by atoms with Crippen LogP contribution in [-0.4, -0.2) is 43.1 Å². The number of para-hydroxylation sites is 1. The standard InChI is InChI=1S/C24H17BBrNO6/c25-15-21(30)17-13(19(28)22(15)31)14-18(23(32)16(26)24(33)20(14)29)27(17)12-9-5-4-8-11(12)10-6-2-1-3-7-10/h1-9,28-33H,25H2. The summed E-state index contributed by atoms with van der Waals surface area (Å²) in [6.45, 7) is 0. The third-order valence-corrected chi connectivity index (χ3v) is 6.65. The fourth-order valence-corrected chi connectivity index (χ4v) is 4.65. The van der Waals surface area contributed by atoms with Crippen LogP contribution in [0.25, 0.3) is 38.6 Å². The van der Waals surface area contributed by atoms with Crippen molar-refractivity contribution in [3.8, 4) is 51.3 Å². The zero-order chi connectivity index (χ0) is 23.6. The van der Waals surface area contributed by atoms with Crippen molar-refractivity contribution in [2.45, 2.75) is 0 Å². The Morgan fingerprint density at radius 1 is 0.606 bits per heavy atom. The SMILES string of the molecule is Bc1c(O)c(O)c2c3c(O)c(O)c(Br)c(O)c3n(-c3ccccc3-c3ccccc3)c2c1O. The second-order valence-corrected chi connectivity index (χ2v) is 8.49. The summed E-state index contributed by atoms with van der Waals surface area (Å²) in [6.07, 6.45) is 0. The predicted molar refractivity (Wildman–Crippen MR) is 132 cm³/mol. The molecule has 0 aliphatic rings. The van der Waals surface area contributed by atoms with Gasteiger partial charge in [-0.25, -0.2) is 0 Å². The summed E-state index contributed by atoms with van der Waals surface area (Å²) in [7, 11) is 1.43. The van der Waals surface area contributed by atoms with Crippen molar-refractivity contribution in [3.05, 3.63) is 59.1 Å². The van der Waals surface area contributed by atoms with E-state index in [4.69, 9.17) is 0 Å². The summed E-state index contributed by atoms with van der Waals surface area (Å²) in [5, 5.41) is 64.2. The second-order valence-electron chi connectivity index (χ2n) is 7.70. The van der Waals surface area contributed by atoms with E-state index in [1.54, 1.807) is 12.1 Å². The average Bonchev–Trinajstić information content (AvgIpc) is 3.20. The highest BCUT2D eigenvalue weighted by Crippen LogP contribution is 2.55. The molecule has 1 heterocycles. The Morgan fingerprint density at radius 3 is 1.82 bits per heavy atom. The van der Waals surface area contributed by atoms with Crippen LogP contribution >= 0.6 is 15.9 Å². The molecule has 1 aromatic heterocycles. The van der Waals surface area contributed by atoms with Gasteiger partial charge in [-0.05, 0) is 33.0 Å². The first-order valence-corrected chi connectivity index (χ1v) is 10.7. The summed E-state index contributed by atoms with van der Waals surface area (Å²) < 4.78 is 1.34. The van der Waals surface area contributed by atoms with Gasteiger partial charge in [0.1, 0.15) is 23.6 Å². The van der Waals surface area contributed by atoms with Crippen molar-refractivity contribution in [2.24, 2.45) is 0 Å². The van der Waals surface area contributed by atoms with Crippen molar-refractivity contribution in [2.75, 3.05) is 0 Å². The Morgan fingerprint density at radius 2 is 1.15 bits per heavy atom. The average molecular weight is 506 g/mol. The van der Waals surface area contributed by atoms with Gasteiger partial charge in [-0.2, -0.15) is 0 Å². The Hall–Kier alpha value is -3.98. The van der Waals surface area contributed by atoms with Gasteiger partial charge in [0, 0.05) is 5.56 Å². The molecule has 0 atom stereocenters. The molecule has 0 unspecified atom stereocenters. The van der Waals surface area contributed by atoms with Gasteiger partial charge in [-0.1, -0.05) is 48.5 Å². The van der Waals surface area contributed by atoms with Gasteiger partial charge in [0.2, 0.25) is 0 Å². The molecule has 5 aromatic rings. The Balaban J connectivity index is 2.11. The van der Waals surface area contributed by atoms with E-state index in [0.717, 1.165) is 11.1 Å². The summed E-state index contributed by atoms with van der Waals surface area (Å²) in [6, 6.07) is 16.7. The normalized spacial score (nSPS) is 11.4. The number of phenols is 6. The molecule has 7 nitrogen and oxygen atoms in total. The van der Waals surface area contributed by atoms with E-state index < -0.39 is 28.7 Å². The first-order valence-electron chi connectivity index (χ1n) is 9.94. The van der Waals surface area contributed by atoms with Gasteiger partial charge < -0.3 is 35.2 Å². The number of rotatable bonds is 2. The number of aromatic nitrogens is 1. The van der Waals surface area contributed by atoms with Gasteiger partial charge in [0.25, 0.3) is 0 Å². The molecular weight excluding hydrogens is 489 g/mol. The van der Waals surface area contributed by atoms with Crippen LogP contribution in [0.1, 0.15) is 0 Å². The maximum atomic E-state index is 11.1. The van der Waals surface area contributed by atoms with Crippen LogP contribution in [0.3, 0.4) is 0 Å². The maximum absolute atomic E-state index is 11.1. The molecule has 0 amide bonds. The van der Waals surface area contributed by atoms with E-state index in [9.17, 15) is 30.6 Å². The van der Waals surface area contributed by atoms with E-state index in [-0.39, 0.29) is 37.5 Å². The third-order valence-electron chi connectivity index (χ3n) is 5.90. The Labute approximate surface area is 196 Å². The zero-order valence-corrected chi connectivity index (χ0v) is 18.8. The van der Waals surface area contributed by atoms with E-state index in [2.05, 4.69) is 15.9 Å². The summed E-state index contributed by atoms with van der Waals surface area (Å²) in [4.78, 5) is 0. The largest absolute Gasteiger partial charge is 0.506 e. The van der Waals surface area contributed by atoms with Gasteiger partial charge in [-0.3, -0.25) is 0 Å². The molecule has 0 fully saturated rings. The smallest absolute Gasteiger partial charge is 0.176 e. The molecule has 0 radical (unpaired) electrons. The molecule has 4 aromatic carbocycles. The lowest BCUT2D eigenvalue weighted by Gasteiger charge is -2.16. The molecule has 9 heteroatoms. The lowest BCUT2D eigenvalue weighted by molar-refractivity contribution is 0.398. The number of benzene rings is 4. The topological polar surface area (TPSA) is 126 Å². The molecule has 5 rings (SSSR count). The third kappa shape index (κ3) is 2.75. The highest BCUT2D eigenvalue weighted by atomic mass is 79.9. The number of hydrogen-bond acceptors (Lipinski definition) is 6. The molecule has 33 heavy (non-hydrogen) atoms. The Kier molecular flexibility index (Phi) is 4.61. The van der Waals surface area contributed by atoms with Crippen molar-refractivity contribution in [1.29, 1.82) is 0 Å². The second kappa shape index (κ2) is 7.28. The molecule has 6 N–H and O–H groups in total. The first kappa shape index (κ1) is 20.9. The first-order chi connectivity index (χ1) is 15.8. The zero-order valence-electron chi connectivity index (χ0n) is 17.2. The van der Waals surface area contributed by atoms with Crippen LogP contribution in [0.2, 0.25) is 0 Å². The highest BCUT2D eigenvalue weighted by molar-refractivity contribution is 9.10. The quantitative estimate of drug-likeness (QED) is 0.123. The van der Waals surface area contributed by atoms with Crippen LogP contribution in [-0.2, 0) is 0 Å². The molecular formula is C24H17BBrNO6. The number of fused-ring (bicyclic) bond motifs is 3. The van der Waals surface area contributed by atoms with E-state index in [1.165, 1.54) is 12.4 Å². The van der Waals surface area contributed by atoms with Crippen LogP contribution in [0.15, 0.2) is 59.1 Å². The fraction of sp³-hybridized carbons (Fsp3) is 0. The van der Waals surface area contributed by atoms with E-state index in [0.29, 0.717) is 5.69 Å². The van der Waals surface area contributed by atoms with Crippen LogP contribution < -0.4 is 5.46 Å². The highest BCUT2D eigenvalue weighted by Gasteiger charge is 2.31. The van der Waals surface area contributed by atoms with Crippen molar-refractivity contribution < 1.29 is 30.6 Å². The number of hydrogen-bond donors (Lipinski definition) is 6. The van der Waals surface area contributed by atoms with Crippen LogP contribution in [0.4, 0.5) is 0 Å². The van der Waals surface area contributed by atoms with Gasteiger partial charge in [-0.15, -0.1) is 0 Å². The minimum atomic E-state index is -0.644. The van der Waals surface area contributed by atoms with Gasteiger partial charge >= 0.3 is 0 Å². The number of phenolic OH excluding ortho intramolecular Hbond substituents is 6. The number of aromatic hydroxyl groups is 6. The molecule has 0 bridgehead atoms. The monoisotopic (exact) mass is 505 g/mol. The van der Waals surface area contributed by atoms with E-state index >= 15 is 0 Å². The Bertz CT molecular complexity index is 1520. The predicted octanol–water partition coefficient (Wildman–Crippen LogP) is 3.71. The lowest BCUT2D eigenvalue weighted by atomic mass is 9.91. The van der Waals surface area contributed by atoms with Crippen molar-refractivity contribution in [3.63, 3.8) is 0 Å². The molecule has 0 saturated heterocycles. The van der Waals surface area contributed by atoms with Crippen LogP contribution in [0.5, 0.6) is 34.5 Å². The molecule has 0 saturated carbocycles. The number of nitrogens with zero attached hydrogens (tertiary/aromatic N) is 1. The van der Waals surface area contributed by atoms with Gasteiger partial charge in [0.05, 0.1) is 22.0 Å². The maximum Gasteiger partial charge on any atom is 0.176 e. The minimum Gasteiger partial charge on any atom is -0.506 e. The summed E-state index contributed by atoms with van der Waals surface area (Å²) in [5.74, 6) is -3.22. The molecule has 164 valence electrons. The molecule has 0 aliphatic heterocycles. The number of halogens is 1. The van der Waals surface area contributed by atoms with Crippen LogP contribution in [0, 0.1) is 0 Å². The fourth-order valence-electron chi connectivity index (χ4n) is 4.28. The minimum absolute atomic E-state index is 0.0171. The summed E-state index contributed by atoms with van der Waals surface area (Å²) in [5.41, 5.74) is 2.20. The molecule has 0 aliphatic carbocycles. The molecule has 0 spiro atoms. The van der Waals surface area contributed by atoms with E-state index in [1.807, 2.05) is 42.5 Å². The summed E-state index contributed by atoms with van der Waals surface area (Å²) >= 11 is 3.10. The van der Waals surface area contributed by atoms with Gasteiger partial charge in [0.15, 0.2) is 28.7 Å². The van der Waals surface area contributed by atoms with Crippen molar-refractivity contribution in [1.82, 2.24) is 4.57 Å². The lowest BCUT2D eigenvalue weighted by Crippen LogP contribution is -2.06.